The van der Waals surface area contributed by atoms with Gasteiger partial charge in [-0.15, -0.1) is 0 Å². The van der Waals surface area contributed by atoms with Crippen LogP contribution < -0.4 is 0 Å². The molecule has 0 spiro atoms. The highest BCUT2D eigenvalue weighted by molar-refractivity contribution is 4.87. The Bertz CT molecular complexity index is 559. The lowest BCUT2D eigenvalue weighted by atomic mass is 9.65. The fourth-order valence-electron chi connectivity index (χ4n) is 11.5. The first-order valence-electron chi connectivity index (χ1n) is 20.7. The van der Waals surface area contributed by atoms with Gasteiger partial charge in [0.2, 0.25) is 0 Å². The summed E-state index contributed by atoms with van der Waals surface area (Å²) in [6, 6.07) is 0. The Labute approximate surface area is 271 Å². The van der Waals surface area contributed by atoms with Crippen LogP contribution in [0.4, 0.5) is 0 Å². The second kappa shape index (κ2) is 20.3. The van der Waals surface area contributed by atoms with E-state index in [0.717, 1.165) is 72.4 Å². The third kappa shape index (κ3) is 11.6. The predicted octanol–water partition coefficient (Wildman–Crippen LogP) is 13.4. The molecule has 0 bridgehead atoms. The maximum absolute atomic E-state index is 6.70. The maximum Gasteiger partial charge on any atom is 0.0468 e. The summed E-state index contributed by atoms with van der Waals surface area (Å²) in [6.45, 7) is 11.7. The molecule has 4 fully saturated rings. The lowest BCUT2D eigenvalue weighted by Crippen LogP contribution is -2.32. The van der Waals surface area contributed by atoms with Gasteiger partial charge in [0.25, 0.3) is 0 Å². The van der Waals surface area contributed by atoms with Gasteiger partial charge < -0.3 is 4.74 Å². The fraction of sp³-hybridized carbons (Fsp3) is 1.00. The van der Waals surface area contributed by atoms with E-state index in [9.17, 15) is 0 Å². The van der Waals surface area contributed by atoms with Crippen LogP contribution in [0, 0.1) is 59.2 Å². The molecule has 4 aliphatic rings. The van der Waals surface area contributed by atoms with Crippen LogP contribution in [-0.4, -0.2) is 13.2 Å². The average molecular weight is 599 g/mol. The second-order valence-corrected chi connectivity index (χ2v) is 16.8. The van der Waals surface area contributed by atoms with E-state index < -0.39 is 0 Å². The fourth-order valence-corrected chi connectivity index (χ4v) is 11.5. The van der Waals surface area contributed by atoms with Gasteiger partial charge in [0.1, 0.15) is 0 Å². The molecule has 0 aromatic carbocycles. The Morgan fingerprint density at radius 1 is 0.372 bits per heavy atom. The quantitative estimate of drug-likeness (QED) is 0.143. The van der Waals surface area contributed by atoms with Gasteiger partial charge in [-0.1, -0.05) is 130 Å². The highest BCUT2D eigenvalue weighted by Crippen LogP contribution is 2.47. The first kappa shape index (κ1) is 35.8. The van der Waals surface area contributed by atoms with Gasteiger partial charge in [-0.3, -0.25) is 0 Å². The van der Waals surface area contributed by atoms with E-state index in [4.69, 9.17) is 4.74 Å². The molecular weight excluding hydrogens is 520 g/mol. The van der Waals surface area contributed by atoms with Crippen LogP contribution in [0.5, 0.6) is 0 Å². The molecule has 4 saturated carbocycles. The van der Waals surface area contributed by atoms with Gasteiger partial charge in [-0.25, -0.2) is 0 Å². The number of rotatable bonds is 18. The SMILES string of the molecule is CCC[C@H]1CC[C@H](C(CCOCCC([C@H]2CC[C@H](CCC)CC2)[C@H]2CC[C@H](CCC)CC2)[C@H]2CC[C@H](CCC)CC2)CC1. The molecular formula is C42H78O. The summed E-state index contributed by atoms with van der Waals surface area (Å²) in [7, 11) is 0. The van der Waals surface area contributed by atoms with Gasteiger partial charge in [0.05, 0.1) is 0 Å². The van der Waals surface area contributed by atoms with Crippen LogP contribution in [0.25, 0.3) is 0 Å². The molecule has 0 aromatic heterocycles. The van der Waals surface area contributed by atoms with Crippen molar-refractivity contribution in [3.05, 3.63) is 0 Å². The molecule has 0 aromatic rings. The largest absolute Gasteiger partial charge is 0.381 e. The Hall–Kier alpha value is -0.0400. The summed E-state index contributed by atoms with van der Waals surface area (Å²) in [6.07, 6.45) is 38.5. The first-order chi connectivity index (χ1) is 21.1. The lowest BCUT2D eigenvalue weighted by molar-refractivity contribution is 0.0369. The number of hydrogen-bond acceptors (Lipinski definition) is 1. The Kier molecular flexibility index (Phi) is 16.9. The number of ether oxygens (including phenoxy) is 1. The molecule has 0 saturated heterocycles. The summed E-state index contributed by atoms with van der Waals surface area (Å²) < 4.78 is 6.70. The van der Waals surface area contributed by atoms with Crippen molar-refractivity contribution in [1.29, 1.82) is 0 Å². The van der Waals surface area contributed by atoms with Crippen molar-refractivity contribution >= 4 is 0 Å². The second-order valence-electron chi connectivity index (χ2n) is 16.8. The predicted molar refractivity (Wildman–Crippen MR) is 188 cm³/mol. The van der Waals surface area contributed by atoms with Crippen LogP contribution in [0.1, 0.15) is 195 Å². The molecule has 252 valence electrons. The van der Waals surface area contributed by atoms with Gasteiger partial charge in [-0.05, 0) is 123 Å². The van der Waals surface area contributed by atoms with Crippen molar-refractivity contribution in [2.24, 2.45) is 59.2 Å². The average Bonchev–Trinajstić information content (AvgIpc) is 3.04. The zero-order valence-electron chi connectivity index (χ0n) is 30.0. The number of hydrogen-bond donors (Lipinski definition) is 0. The monoisotopic (exact) mass is 599 g/mol. The van der Waals surface area contributed by atoms with Crippen LogP contribution in [0.15, 0.2) is 0 Å². The minimum atomic E-state index is 0.948. The molecule has 4 rings (SSSR count). The maximum atomic E-state index is 6.70. The van der Waals surface area contributed by atoms with Crippen molar-refractivity contribution in [3.8, 4) is 0 Å². The normalized spacial score (nSPS) is 34.2. The smallest absolute Gasteiger partial charge is 0.0468 e. The van der Waals surface area contributed by atoms with Crippen LogP contribution in [-0.2, 0) is 4.74 Å². The van der Waals surface area contributed by atoms with E-state index in [1.165, 1.54) is 167 Å². The van der Waals surface area contributed by atoms with Crippen molar-refractivity contribution < 1.29 is 4.74 Å². The van der Waals surface area contributed by atoms with E-state index in [1.807, 2.05) is 0 Å². The molecule has 0 radical (unpaired) electrons. The molecule has 0 N–H and O–H groups in total. The highest BCUT2D eigenvalue weighted by atomic mass is 16.5. The molecule has 4 aliphatic carbocycles. The first-order valence-corrected chi connectivity index (χ1v) is 20.7. The topological polar surface area (TPSA) is 9.23 Å². The lowest BCUT2D eigenvalue weighted by Gasteiger charge is -2.41. The molecule has 0 unspecified atom stereocenters. The summed E-state index contributed by atoms with van der Waals surface area (Å²) in [5.41, 5.74) is 0. The molecule has 0 atom stereocenters. The van der Waals surface area contributed by atoms with E-state index in [0.29, 0.717) is 0 Å². The van der Waals surface area contributed by atoms with E-state index >= 15 is 0 Å². The summed E-state index contributed by atoms with van der Waals surface area (Å²) in [5, 5.41) is 0. The van der Waals surface area contributed by atoms with Crippen molar-refractivity contribution in [3.63, 3.8) is 0 Å². The zero-order chi connectivity index (χ0) is 30.3. The Morgan fingerprint density at radius 2 is 0.605 bits per heavy atom. The van der Waals surface area contributed by atoms with Gasteiger partial charge >= 0.3 is 0 Å². The van der Waals surface area contributed by atoms with Crippen molar-refractivity contribution in [1.82, 2.24) is 0 Å². The summed E-state index contributed by atoms with van der Waals surface area (Å²) >= 11 is 0. The Morgan fingerprint density at radius 3 is 0.814 bits per heavy atom. The van der Waals surface area contributed by atoms with Crippen molar-refractivity contribution in [2.75, 3.05) is 13.2 Å². The molecule has 1 heteroatoms. The molecule has 1 nitrogen and oxygen atoms in total. The Balaban J connectivity index is 1.27. The molecule has 0 heterocycles. The van der Waals surface area contributed by atoms with E-state index in [1.54, 1.807) is 0 Å². The third-order valence-electron chi connectivity index (χ3n) is 14.0. The molecule has 43 heavy (non-hydrogen) atoms. The van der Waals surface area contributed by atoms with E-state index in [-0.39, 0.29) is 0 Å². The van der Waals surface area contributed by atoms with Gasteiger partial charge in [0.15, 0.2) is 0 Å². The van der Waals surface area contributed by atoms with Crippen LogP contribution >= 0.6 is 0 Å². The summed E-state index contributed by atoms with van der Waals surface area (Å²) in [5.74, 6) is 10.0. The zero-order valence-corrected chi connectivity index (χ0v) is 30.0. The standard InChI is InChI=1S/C42H78O/c1-5-9-33-13-21-37(22-14-33)41(38-23-15-34(10-6-2)16-24-38)29-31-43-32-30-42(39-25-17-35(11-7-3)18-26-39)40-27-19-36(12-8-4)20-28-40/h33-42H,5-32H2,1-4H3/t33-,34-,35-,36-,37-,38-,39-,40-. The molecule has 0 amide bonds. The van der Waals surface area contributed by atoms with Gasteiger partial charge in [0, 0.05) is 13.2 Å². The van der Waals surface area contributed by atoms with Crippen LogP contribution in [0.3, 0.4) is 0 Å². The van der Waals surface area contributed by atoms with Crippen molar-refractivity contribution in [2.45, 2.75) is 195 Å². The summed E-state index contributed by atoms with van der Waals surface area (Å²) in [4.78, 5) is 0. The molecule has 0 aliphatic heterocycles. The highest BCUT2D eigenvalue weighted by Gasteiger charge is 2.36. The van der Waals surface area contributed by atoms with Crippen LogP contribution in [0.2, 0.25) is 0 Å². The van der Waals surface area contributed by atoms with E-state index in [2.05, 4.69) is 27.7 Å². The minimum absolute atomic E-state index is 0.948. The third-order valence-corrected chi connectivity index (χ3v) is 14.0. The minimum Gasteiger partial charge on any atom is -0.381 e. The van der Waals surface area contributed by atoms with Gasteiger partial charge in [-0.2, -0.15) is 0 Å².